The Kier molecular flexibility index (Phi) is 24.2. The van der Waals surface area contributed by atoms with Gasteiger partial charge in [0, 0.05) is 0 Å². The molecule has 0 saturated carbocycles. The van der Waals surface area contributed by atoms with Gasteiger partial charge in [0.1, 0.15) is 12.8 Å². The van der Waals surface area contributed by atoms with Crippen LogP contribution in [-0.2, 0) is 0 Å². The second-order valence-electron chi connectivity index (χ2n) is 2.60. The lowest BCUT2D eigenvalue weighted by molar-refractivity contribution is 0.371. The minimum atomic E-state index is -1.10. The quantitative estimate of drug-likeness (QED) is 0.511. The number of nitriles is 1. The Bertz CT molecular complexity index is 214. The summed E-state index contributed by atoms with van der Waals surface area (Å²) in [7, 11) is 0. The molecule has 0 N–H and O–H groups in total. The molecule has 0 fully saturated rings. The summed E-state index contributed by atoms with van der Waals surface area (Å²) in [5.74, 6) is 0. The SMILES string of the molecule is C#C.CC.CCC[C@@H](F)/C=C(\CF)CC#N. The molecule has 0 bridgehead atoms. The van der Waals surface area contributed by atoms with Crippen LogP contribution in [0.3, 0.4) is 0 Å². The molecule has 0 heterocycles. The smallest absolute Gasteiger partial charge is 0.119 e. The zero-order valence-electron chi connectivity index (χ0n) is 10.3. The van der Waals surface area contributed by atoms with E-state index in [4.69, 9.17) is 5.26 Å². The van der Waals surface area contributed by atoms with Gasteiger partial charge >= 0.3 is 0 Å². The molecule has 92 valence electrons. The van der Waals surface area contributed by atoms with Gasteiger partial charge < -0.3 is 0 Å². The van der Waals surface area contributed by atoms with Crippen LogP contribution in [0.2, 0.25) is 0 Å². The largest absolute Gasteiger partial charge is 0.246 e. The fourth-order valence-corrected chi connectivity index (χ4v) is 0.867. The van der Waals surface area contributed by atoms with Gasteiger partial charge in [-0.2, -0.15) is 5.26 Å². The van der Waals surface area contributed by atoms with Crippen molar-refractivity contribution >= 4 is 0 Å². The van der Waals surface area contributed by atoms with Crippen LogP contribution in [0.25, 0.3) is 0 Å². The normalized spacial score (nSPS) is 11.0. The summed E-state index contributed by atoms with van der Waals surface area (Å²) >= 11 is 0. The lowest BCUT2D eigenvalue weighted by Crippen LogP contribution is -1.97. The molecule has 16 heavy (non-hydrogen) atoms. The van der Waals surface area contributed by atoms with E-state index in [1.54, 1.807) is 6.07 Å². The maximum absolute atomic E-state index is 12.8. The van der Waals surface area contributed by atoms with Crippen LogP contribution in [0.5, 0.6) is 0 Å². The van der Waals surface area contributed by atoms with Gasteiger partial charge in [-0.3, -0.25) is 0 Å². The lowest BCUT2D eigenvalue weighted by atomic mass is 10.1. The molecule has 0 aromatic rings. The molecule has 0 spiro atoms. The summed E-state index contributed by atoms with van der Waals surface area (Å²) in [6.45, 7) is 5.14. The highest BCUT2D eigenvalue weighted by atomic mass is 19.1. The zero-order chi connectivity index (χ0) is 13.4. The maximum atomic E-state index is 12.8. The van der Waals surface area contributed by atoms with Crippen LogP contribution in [0.4, 0.5) is 8.78 Å². The van der Waals surface area contributed by atoms with Crippen molar-refractivity contribution in [3.8, 4) is 18.9 Å². The molecule has 0 aliphatic carbocycles. The van der Waals surface area contributed by atoms with E-state index < -0.39 is 12.8 Å². The molecule has 0 aromatic heterocycles. The monoisotopic (exact) mass is 229 g/mol. The minimum absolute atomic E-state index is 0.0133. The molecular formula is C13H21F2N. The van der Waals surface area contributed by atoms with E-state index in [-0.39, 0.29) is 12.0 Å². The van der Waals surface area contributed by atoms with Crippen molar-refractivity contribution in [2.45, 2.75) is 46.2 Å². The Labute approximate surface area is 98.2 Å². The average molecular weight is 229 g/mol. The Balaban J connectivity index is -0.000000376. The van der Waals surface area contributed by atoms with Crippen LogP contribution in [0.15, 0.2) is 11.6 Å². The van der Waals surface area contributed by atoms with E-state index in [0.717, 1.165) is 6.42 Å². The molecular weight excluding hydrogens is 208 g/mol. The Hall–Kier alpha value is -1.35. The van der Waals surface area contributed by atoms with Crippen molar-refractivity contribution in [3.05, 3.63) is 11.6 Å². The summed E-state index contributed by atoms with van der Waals surface area (Å²) < 4.78 is 24.9. The van der Waals surface area contributed by atoms with E-state index in [0.29, 0.717) is 6.42 Å². The van der Waals surface area contributed by atoms with Crippen molar-refractivity contribution in [2.75, 3.05) is 6.67 Å². The Morgan fingerprint density at radius 2 is 1.94 bits per heavy atom. The van der Waals surface area contributed by atoms with Crippen molar-refractivity contribution in [3.63, 3.8) is 0 Å². The van der Waals surface area contributed by atoms with Crippen molar-refractivity contribution in [1.29, 1.82) is 5.26 Å². The van der Waals surface area contributed by atoms with Crippen molar-refractivity contribution < 1.29 is 8.78 Å². The number of allylic oxidation sites excluding steroid dienone is 2. The fraction of sp³-hybridized carbons (Fsp3) is 0.615. The van der Waals surface area contributed by atoms with Crippen molar-refractivity contribution in [1.82, 2.24) is 0 Å². The molecule has 0 amide bonds. The molecule has 0 rings (SSSR count). The second kappa shape index (κ2) is 19.3. The zero-order valence-corrected chi connectivity index (χ0v) is 10.3. The van der Waals surface area contributed by atoms with E-state index in [1.165, 1.54) is 6.08 Å². The first-order chi connectivity index (χ1) is 7.74. The van der Waals surface area contributed by atoms with Gasteiger partial charge in [0.15, 0.2) is 0 Å². The molecule has 1 nitrogen and oxygen atoms in total. The lowest BCUT2D eigenvalue weighted by Gasteiger charge is -2.01. The summed E-state index contributed by atoms with van der Waals surface area (Å²) in [4.78, 5) is 0. The Morgan fingerprint density at radius 3 is 2.25 bits per heavy atom. The molecule has 0 saturated heterocycles. The fourth-order valence-electron chi connectivity index (χ4n) is 0.867. The Morgan fingerprint density at radius 1 is 1.44 bits per heavy atom. The molecule has 0 radical (unpaired) electrons. The first-order valence-corrected chi connectivity index (χ1v) is 5.34. The van der Waals surface area contributed by atoms with Gasteiger partial charge in [0.05, 0.1) is 12.5 Å². The summed E-state index contributed by atoms with van der Waals surface area (Å²) in [5, 5.41) is 8.23. The van der Waals surface area contributed by atoms with Gasteiger partial charge in [-0.05, 0) is 18.1 Å². The number of nitrogens with zero attached hydrogens (tertiary/aromatic N) is 1. The van der Waals surface area contributed by atoms with E-state index in [2.05, 4.69) is 12.8 Å². The van der Waals surface area contributed by atoms with Crippen LogP contribution >= 0.6 is 0 Å². The molecule has 0 aliphatic heterocycles. The second-order valence-corrected chi connectivity index (χ2v) is 2.60. The highest BCUT2D eigenvalue weighted by molar-refractivity contribution is 5.10. The van der Waals surface area contributed by atoms with E-state index in [9.17, 15) is 8.78 Å². The standard InChI is InChI=1S/C9H13F2N.C2H6.C2H2/c1-2-3-9(11)6-8(7-10)4-5-12;2*1-2/h6,9H,2-4,7H2,1H3;1-2H3;1-2H/b8-6-;;/t9-;;/m1../s1. The summed E-state index contributed by atoms with van der Waals surface area (Å²) in [5.41, 5.74) is 0.249. The van der Waals surface area contributed by atoms with Crippen LogP contribution in [0, 0.1) is 24.2 Å². The van der Waals surface area contributed by atoms with Crippen LogP contribution < -0.4 is 0 Å². The average Bonchev–Trinajstić information content (AvgIpc) is 2.34. The summed E-state index contributed by atoms with van der Waals surface area (Å²) in [6, 6.07) is 1.79. The van der Waals surface area contributed by atoms with Gasteiger partial charge in [-0.25, -0.2) is 8.78 Å². The number of hydrogen-bond acceptors (Lipinski definition) is 1. The molecule has 0 unspecified atom stereocenters. The van der Waals surface area contributed by atoms with E-state index in [1.807, 2.05) is 20.8 Å². The summed E-state index contributed by atoms with van der Waals surface area (Å²) in [6.07, 6.45) is 9.22. The number of terminal acetylenes is 1. The van der Waals surface area contributed by atoms with Gasteiger partial charge in [0.25, 0.3) is 0 Å². The third-order valence-corrected chi connectivity index (χ3v) is 1.46. The predicted octanol–water partition coefficient (Wildman–Crippen LogP) is 4.21. The molecule has 1 atom stereocenters. The number of rotatable bonds is 5. The first-order valence-electron chi connectivity index (χ1n) is 5.34. The number of halogens is 2. The van der Waals surface area contributed by atoms with Gasteiger partial charge in [-0.1, -0.05) is 27.2 Å². The number of alkyl halides is 2. The first kappa shape index (κ1) is 20.1. The number of hydrogen-bond donors (Lipinski definition) is 0. The predicted molar refractivity (Wildman–Crippen MR) is 65.3 cm³/mol. The minimum Gasteiger partial charge on any atom is -0.246 e. The third kappa shape index (κ3) is 15.1. The molecule has 0 aliphatic rings. The molecule has 3 heteroatoms. The third-order valence-electron chi connectivity index (χ3n) is 1.46. The highest BCUT2D eigenvalue weighted by Gasteiger charge is 2.03. The van der Waals surface area contributed by atoms with Crippen LogP contribution in [-0.4, -0.2) is 12.8 Å². The highest BCUT2D eigenvalue weighted by Crippen LogP contribution is 2.09. The van der Waals surface area contributed by atoms with Gasteiger partial charge in [-0.15, -0.1) is 12.8 Å². The van der Waals surface area contributed by atoms with Gasteiger partial charge in [0.2, 0.25) is 0 Å². The van der Waals surface area contributed by atoms with Crippen molar-refractivity contribution in [2.24, 2.45) is 0 Å². The molecule has 0 aromatic carbocycles. The maximum Gasteiger partial charge on any atom is 0.119 e. The van der Waals surface area contributed by atoms with E-state index >= 15 is 0 Å². The topological polar surface area (TPSA) is 23.8 Å². The van der Waals surface area contributed by atoms with Crippen LogP contribution in [0.1, 0.15) is 40.0 Å².